The van der Waals surface area contributed by atoms with E-state index in [9.17, 15) is 13.0 Å². The Hall–Kier alpha value is 0.720. The molecule has 0 saturated heterocycles. The Kier molecular flexibility index (Phi) is 79.5. The van der Waals surface area contributed by atoms with Gasteiger partial charge in [0.25, 0.3) is 0 Å². The van der Waals surface area contributed by atoms with Crippen LogP contribution in [0.5, 0.6) is 0 Å². The van der Waals surface area contributed by atoms with Gasteiger partial charge in [0.2, 0.25) is 0 Å². The van der Waals surface area contributed by atoms with Crippen LogP contribution >= 0.6 is 7.82 Å². The van der Waals surface area contributed by atoms with Gasteiger partial charge < -0.3 is 0 Å². The molecule has 0 aliphatic carbocycles. The minimum Gasteiger partial charge on any atom is -0.287 e. The van der Waals surface area contributed by atoms with Crippen LogP contribution in [0.3, 0.4) is 0 Å². The first-order valence-corrected chi connectivity index (χ1v) is 38.8. The summed E-state index contributed by atoms with van der Waals surface area (Å²) in [7, 11) is -7.28. The number of phosphoric acid groups is 1. The van der Waals surface area contributed by atoms with Gasteiger partial charge in [-0.05, 0) is 57.8 Å². The number of allylic oxidation sites excluding steroid dienone is 2. The second kappa shape index (κ2) is 75.0. The van der Waals surface area contributed by atoms with E-state index < -0.39 is 18.2 Å². The summed E-state index contributed by atoms with van der Waals surface area (Å²) in [6.45, 7) is 13.3. The van der Waals surface area contributed by atoms with E-state index in [1.807, 2.05) is 0 Å². The van der Waals surface area contributed by atoms with Crippen molar-refractivity contribution in [1.82, 2.24) is 0 Å². The molecular formula is C70H143NaO8PS. The predicted octanol–water partition coefficient (Wildman–Crippen LogP) is 25.3. The van der Waals surface area contributed by atoms with Crippen molar-refractivity contribution in [3.8, 4) is 0 Å². The van der Waals surface area contributed by atoms with E-state index in [1.54, 1.807) is 0 Å². The van der Waals surface area contributed by atoms with Crippen molar-refractivity contribution in [1.29, 1.82) is 0 Å². The molecule has 8 nitrogen and oxygen atoms in total. The van der Waals surface area contributed by atoms with Crippen LogP contribution in [0.25, 0.3) is 0 Å². The molecule has 0 amide bonds. The summed E-state index contributed by atoms with van der Waals surface area (Å²) in [6.07, 6.45) is 78.3. The molecule has 0 rings (SSSR count). The summed E-state index contributed by atoms with van der Waals surface area (Å²) in [5, 5.41) is 0. The molecule has 0 spiro atoms. The molecule has 483 valence electrons. The molecule has 0 unspecified atom stereocenters. The fraction of sp³-hybridized carbons (Fsp3) is 0.971. The first-order chi connectivity index (χ1) is 39.3. The van der Waals surface area contributed by atoms with Crippen LogP contribution in [0.4, 0.5) is 0 Å². The normalized spacial score (nSPS) is 11.9. The van der Waals surface area contributed by atoms with Gasteiger partial charge in [0.15, 0.2) is 0 Å². The molecule has 1 radical (unpaired) electrons. The van der Waals surface area contributed by atoms with E-state index in [1.165, 1.54) is 295 Å². The summed E-state index contributed by atoms with van der Waals surface area (Å²) in [6, 6.07) is 0. The summed E-state index contributed by atoms with van der Waals surface area (Å²) >= 11 is 0. The van der Waals surface area contributed by atoms with Crippen molar-refractivity contribution in [2.75, 3.05) is 33.0 Å². The fourth-order valence-electron chi connectivity index (χ4n) is 10.4. The van der Waals surface area contributed by atoms with Crippen LogP contribution < -0.4 is 0 Å². The van der Waals surface area contributed by atoms with Crippen LogP contribution in [0.15, 0.2) is 12.2 Å². The molecule has 0 N–H and O–H groups in total. The number of hydrogen-bond donors (Lipinski definition) is 0. The Morgan fingerprint density at radius 1 is 0.247 bits per heavy atom. The van der Waals surface area contributed by atoms with Gasteiger partial charge in [-0.15, -0.1) is 0 Å². The van der Waals surface area contributed by atoms with Crippen LogP contribution in [0.2, 0.25) is 0 Å². The Balaban J connectivity index is -0.00000149. The van der Waals surface area contributed by atoms with Crippen molar-refractivity contribution >= 4 is 47.8 Å². The molecule has 0 heterocycles. The third kappa shape index (κ3) is 76.8. The first-order valence-electron chi connectivity index (χ1n) is 36.0. The van der Waals surface area contributed by atoms with Gasteiger partial charge in [-0.3, -0.25) is 13.6 Å². The van der Waals surface area contributed by atoms with E-state index in [2.05, 4.69) is 46.8 Å². The zero-order valence-corrected chi connectivity index (χ0v) is 59.5. The third-order valence-electron chi connectivity index (χ3n) is 15.9. The van der Waals surface area contributed by atoms with E-state index in [-0.39, 0.29) is 42.8 Å². The number of rotatable bonds is 69. The van der Waals surface area contributed by atoms with Crippen LogP contribution in [-0.4, -0.2) is 71.0 Å². The van der Waals surface area contributed by atoms with Gasteiger partial charge >= 0.3 is 18.2 Å². The van der Waals surface area contributed by atoms with Gasteiger partial charge in [0.1, 0.15) is 0 Å². The SMILES string of the molecule is CCCCCCCCC=CCCCCCCCCOS(=O)(=O)OCCCCCCCCCCCCCCCC.CCCCCCCCCCCCOP(=O)(OCCCCCCCCCCCC)OCCCCCCCCCCCC.[Na]. The van der Waals surface area contributed by atoms with Crippen molar-refractivity contribution < 1.29 is 34.9 Å². The van der Waals surface area contributed by atoms with Crippen LogP contribution in [0.1, 0.15) is 407 Å². The van der Waals surface area contributed by atoms with Crippen LogP contribution in [-0.2, 0) is 36.9 Å². The maximum absolute atomic E-state index is 13.3. The van der Waals surface area contributed by atoms with Crippen molar-refractivity contribution in [3.05, 3.63) is 12.2 Å². The summed E-state index contributed by atoms with van der Waals surface area (Å²) in [4.78, 5) is 0. The molecule has 0 aromatic carbocycles. The smallest absolute Gasteiger partial charge is 0.287 e. The number of hydrogen-bond acceptors (Lipinski definition) is 8. The monoisotopic (exact) mass is 1200 g/mol. The second-order valence-electron chi connectivity index (χ2n) is 24.1. The number of phosphoric ester groups is 1. The Morgan fingerprint density at radius 3 is 0.605 bits per heavy atom. The fourth-order valence-corrected chi connectivity index (χ4v) is 12.4. The van der Waals surface area contributed by atoms with Crippen LogP contribution in [0, 0.1) is 0 Å². The Labute approximate surface area is 531 Å². The summed E-state index contributed by atoms with van der Waals surface area (Å²) in [5.41, 5.74) is 0. The van der Waals surface area contributed by atoms with Gasteiger partial charge in [0.05, 0.1) is 33.0 Å². The molecular weight excluding hydrogens is 1050 g/mol. The zero-order chi connectivity index (χ0) is 58.5. The van der Waals surface area contributed by atoms with E-state index in [0.29, 0.717) is 19.8 Å². The minimum atomic E-state index is -3.83. The average Bonchev–Trinajstić information content (AvgIpc) is 3.45. The second-order valence-corrected chi connectivity index (χ2v) is 27.0. The molecule has 11 heteroatoms. The van der Waals surface area contributed by atoms with Gasteiger partial charge in [-0.2, -0.15) is 8.42 Å². The molecule has 0 aromatic heterocycles. The topological polar surface area (TPSA) is 97.4 Å². The van der Waals surface area contributed by atoms with Crippen molar-refractivity contribution in [3.63, 3.8) is 0 Å². The predicted molar refractivity (Wildman–Crippen MR) is 357 cm³/mol. The first kappa shape index (κ1) is 85.9. The van der Waals surface area contributed by atoms with E-state index in [4.69, 9.17) is 21.9 Å². The third-order valence-corrected chi connectivity index (χ3v) is 18.3. The quantitative estimate of drug-likeness (QED) is 0.0257. The molecule has 0 aliphatic rings. The van der Waals surface area contributed by atoms with E-state index >= 15 is 0 Å². The molecule has 0 aliphatic heterocycles. The summed E-state index contributed by atoms with van der Waals surface area (Å²) < 4.78 is 64.5. The van der Waals surface area contributed by atoms with Crippen molar-refractivity contribution in [2.45, 2.75) is 407 Å². The number of unbranched alkanes of at least 4 members (excludes halogenated alkanes) is 52. The van der Waals surface area contributed by atoms with Gasteiger partial charge in [0, 0.05) is 29.6 Å². The molecule has 0 aromatic rings. The molecule has 0 saturated carbocycles. The minimum absolute atomic E-state index is 0. The van der Waals surface area contributed by atoms with E-state index in [0.717, 1.165) is 77.0 Å². The van der Waals surface area contributed by atoms with Gasteiger partial charge in [-0.25, -0.2) is 12.9 Å². The Morgan fingerprint density at radius 2 is 0.407 bits per heavy atom. The summed E-state index contributed by atoms with van der Waals surface area (Å²) in [5.74, 6) is 0. The molecule has 81 heavy (non-hydrogen) atoms. The molecule has 0 atom stereocenters. The Bertz CT molecular complexity index is 1250. The average molecular weight is 1200 g/mol. The zero-order valence-electron chi connectivity index (χ0n) is 55.8. The maximum Gasteiger partial charge on any atom is 0.474 e. The largest absolute Gasteiger partial charge is 0.474 e. The maximum atomic E-state index is 13.3. The van der Waals surface area contributed by atoms with Crippen molar-refractivity contribution in [2.24, 2.45) is 0 Å². The molecule has 0 bridgehead atoms. The standard InChI is InChI=1S/C36H75O4P.C34H68O4S.Na/c1-4-7-10-13-16-19-22-25-28-31-34-38-41(37,39-35-32-29-26-23-20-17-14-11-8-5-2)40-36-33-30-27-24-21-18-15-12-9-6-3;1-3-5-7-9-11-13-15-17-19-20-22-24-26-28-30-32-34-38-39(35,36)37-33-31-29-27-25-23-21-18-16-14-12-10-8-6-4-2;/h4-36H2,1-3H3;17,19H,3-16,18,20-34H2,1-2H3;. The molecule has 0 fully saturated rings. The van der Waals surface area contributed by atoms with Gasteiger partial charge in [-0.1, -0.05) is 361 Å².